The Morgan fingerprint density at radius 1 is 0.418 bits per heavy atom. The Bertz CT molecular complexity index is 3220. The molecule has 0 aliphatic rings. The summed E-state index contributed by atoms with van der Waals surface area (Å²) in [5.74, 6) is 2.46. The Labute approximate surface area is 313 Å². The van der Waals surface area contributed by atoms with Gasteiger partial charge in [-0.15, -0.1) is 10.2 Å². The molecule has 11 aromatic rings. The fraction of sp³-hybridized carbons (Fsp3) is 0. The highest BCUT2D eigenvalue weighted by molar-refractivity contribution is 6.13. The van der Waals surface area contributed by atoms with Crippen LogP contribution in [0.15, 0.2) is 175 Å². The smallest absolute Gasteiger partial charge is 0.250 e. The van der Waals surface area contributed by atoms with Gasteiger partial charge in [0.25, 0.3) is 0 Å². The fourth-order valence-corrected chi connectivity index (χ4v) is 7.68. The molecular weight excluding hydrogens is 681 g/mol. The molecule has 0 amide bonds. The molecule has 4 aromatic carbocycles. The first-order valence-corrected chi connectivity index (χ1v) is 17.9. The van der Waals surface area contributed by atoms with Crippen molar-refractivity contribution in [1.82, 2.24) is 39.3 Å². The van der Waals surface area contributed by atoms with Crippen molar-refractivity contribution < 1.29 is 4.42 Å². The van der Waals surface area contributed by atoms with Crippen LogP contribution < -0.4 is 0 Å². The molecule has 0 unspecified atom stereocenters. The third-order valence-electron chi connectivity index (χ3n) is 10.1. The minimum Gasteiger partial charge on any atom is -0.416 e. The topological polar surface area (TPSA) is 100 Å². The van der Waals surface area contributed by atoms with E-state index in [1.165, 1.54) is 0 Å². The minimum atomic E-state index is 0.423. The molecule has 0 N–H and O–H groups in total. The van der Waals surface area contributed by atoms with Gasteiger partial charge in [0, 0.05) is 63.0 Å². The molecule has 0 bridgehead atoms. The van der Waals surface area contributed by atoms with Gasteiger partial charge in [0.05, 0.1) is 39.0 Å². The van der Waals surface area contributed by atoms with Crippen molar-refractivity contribution in [1.29, 1.82) is 0 Å². The maximum Gasteiger partial charge on any atom is 0.250 e. The molecular formula is C46H28N8O. The van der Waals surface area contributed by atoms with Crippen LogP contribution in [0.25, 0.3) is 101 Å². The molecule has 0 atom stereocenters. The van der Waals surface area contributed by atoms with E-state index in [1.807, 2.05) is 97.3 Å². The standard InChI is InChI=1S/C46H28N8O/c1-4-19-40-32(12-1)34-14-5-15-35(44(34)54(40)43-21-7-17-38(50-43)31-11-9-25-48-28-31)46-52-51-45(55-46)29-22-23-41-36(26-29)33-13-2-3-18-39(33)53(41)42-20-6-16-37(49-42)30-10-8-24-47-27-30/h1-28H. The van der Waals surface area contributed by atoms with Gasteiger partial charge in [-0.3, -0.25) is 19.1 Å². The van der Waals surface area contributed by atoms with Crippen molar-refractivity contribution in [3.8, 4) is 57.1 Å². The third kappa shape index (κ3) is 5.02. The second-order valence-electron chi connectivity index (χ2n) is 13.3. The molecule has 0 fully saturated rings. The molecule has 0 saturated heterocycles. The zero-order valence-electron chi connectivity index (χ0n) is 29.2. The average Bonchev–Trinajstić information content (AvgIpc) is 3.98. The van der Waals surface area contributed by atoms with E-state index in [1.54, 1.807) is 12.4 Å². The number of nitrogens with zero attached hydrogens (tertiary/aromatic N) is 8. The van der Waals surface area contributed by atoms with Crippen LogP contribution in [0.3, 0.4) is 0 Å². The Morgan fingerprint density at radius 2 is 1.00 bits per heavy atom. The van der Waals surface area contributed by atoms with E-state index in [0.29, 0.717) is 11.8 Å². The number of para-hydroxylation sites is 3. The van der Waals surface area contributed by atoms with E-state index < -0.39 is 0 Å². The fourth-order valence-electron chi connectivity index (χ4n) is 7.68. The van der Waals surface area contributed by atoms with Gasteiger partial charge in [0.15, 0.2) is 0 Å². The van der Waals surface area contributed by atoms with Gasteiger partial charge < -0.3 is 4.42 Å². The first-order chi connectivity index (χ1) is 27.3. The number of aromatic nitrogens is 8. The van der Waals surface area contributed by atoms with E-state index in [9.17, 15) is 0 Å². The zero-order valence-corrected chi connectivity index (χ0v) is 29.2. The molecule has 0 radical (unpaired) electrons. The summed E-state index contributed by atoms with van der Waals surface area (Å²) in [6, 6.07) is 49.2. The van der Waals surface area contributed by atoms with E-state index in [2.05, 4.69) is 90.0 Å². The summed E-state index contributed by atoms with van der Waals surface area (Å²) in [6.45, 7) is 0. The van der Waals surface area contributed by atoms with Crippen LogP contribution in [0, 0.1) is 0 Å². The van der Waals surface area contributed by atoms with Crippen LogP contribution in [-0.2, 0) is 0 Å². The van der Waals surface area contributed by atoms with Crippen molar-refractivity contribution >= 4 is 43.6 Å². The number of hydrogen-bond acceptors (Lipinski definition) is 7. The molecule has 9 heteroatoms. The van der Waals surface area contributed by atoms with Crippen LogP contribution in [0.1, 0.15) is 0 Å². The molecule has 0 saturated carbocycles. The molecule has 7 heterocycles. The number of hydrogen-bond donors (Lipinski definition) is 0. The van der Waals surface area contributed by atoms with Crippen LogP contribution in [0.5, 0.6) is 0 Å². The van der Waals surface area contributed by atoms with Gasteiger partial charge >= 0.3 is 0 Å². The average molecular weight is 709 g/mol. The van der Waals surface area contributed by atoms with Crippen molar-refractivity contribution in [2.75, 3.05) is 0 Å². The van der Waals surface area contributed by atoms with Crippen LogP contribution in [0.4, 0.5) is 0 Å². The molecule has 0 spiro atoms. The summed E-state index contributed by atoms with van der Waals surface area (Å²) in [5.41, 5.74) is 9.29. The van der Waals surface area contributed by atoms with Crippen LogP contribution in [-0.4, -0.2) is 39.3 Å². The zero-order chi connectivity index (χ0) is 36.3. The van der Waals surface area contributed by atoms with Gasteiger partial charge in [-0.05, 0) is 84.9 Å². The second kappa shape index (κ2) is 12.4. The lowest BCUT2D eigenvalue weighted by molar-refractivity contribution is 0.585. The molecule has 7 aromatic heterocycles. The van der Waals surface area contributed by atoms with Crippen molar-refractivity contribution in [2.45, 2.75) is 0 Å². The third-order valence-corrected chi connectivity index (χ3v) is 10.1. The molecule has 11 rings (SSSR count). The van der Waals surface area contributed by atoms with Gasteiger partial charge in [-0.1, -0.05) is 60.7 Å². The first-order valence-electron chi connectivity index (χ1n) is 17.9. The molecule has 0 aliphatic heterocycles. The van der Waals surface area contributed by atoms with Crippen molar-refractivity contribution in [2.24, 2.45) is 0 Å². The van der Waals surface area contributed by atoms with E-state index in [0.717, 1.165) is 88.9 Å². The maximum atomic E-state index is 6.57. The van der Waals surface area contributed by atoms with Crippen molar-refractivity contribution in [3.05, 3.63) is 170 Å². The number of pyridine rings is 4. The highest BCUT2D eigenvalue weighted by Gasteiger charge is 2.22. The van der Waals surface area contributed by atoms with Crippen LogP contribution >= 0.6 is 0 Å². The summed E-state index contributed by atoms with van der Waals surface area (Å²) >= 11 is 0. The largest absolute Gasteiger partial charge is 0.416 e. The SMILES string of the molecule is c1cncc(-c2cccc(-n3c4ccccc4c4cc(-c5nnc(-c6cccc7c8ccccc8n(-c8cccc(-c9cccnc9)n8)c67)o5)ccc43)n2)c1. The van der Waals surface area contributed by atoms with Gasteiger partial charge in [-0.25, -0.2) is 9.97 Å². The molecule has 0 aliphatic carbocycles. The van der Waals surface area contributed by atoms with Crippen molar-refractivity contribution in [3.63, 3.8) is 0 Å². The van der Waals surface area contributed by atoms with Gasteiger partial charge in [-0.2, -0.15) is 0 Å². The summed E-state index contributed by atoms with van der Waals surface area (Å²) in [5, 5.41) is 13.6. The normalized spacial score (nSPS) is 11.6. The number of benzene rings is 4. The predicted octanol–water partition coefficient (Wildman–Crippen LogP) is 10.5. The van der Waals surface area contributed by atoms with E-state index in [-0.39, 0.29) is 0 Å². The highest BCUT2D eigenvalue weighted by atomic mass is 16.4. The van der Waals surface area contributed by atoms with Gasteiger partial charge in [0.1, 0.15) is 11.6 Å². The molecule has 258 valence electrons. The number of rotatable bonds is 6. The monoisotopic (exact) mass is 708 g/mol. The quantitative estimate of drug-likeness (QED) is 0.169. The molecule has 9 nitrogen and oxygen atoms in total. The molecule has 55 heavy (non-hydrogen) atoms. The second-order valence-corrected chi connectivity index (χ2v) is 13.3. The lowest BCUT2D eigenvalue weighted by Gasteiger charge is -2.10. The van der Waals surface area contributed by atoms with E-state index >= 15 is 0 Å². The summed E-state index contributed by atoms with van der Waals surface area (Å²) in [4.78, 5) is 18.8. The summed E-state index contributed by atoms with van der Waals surface area (Å²) in [6.07, 6.45) is 7.20. The summed E-state index contributed by atoms with van der Waals surface area (Å²) in [7, 11) is 0. The predicted molar refractivity (Wildman–Crippen MR) is 216 cm³/mol. The summed E-state index contributed by atoms with van der Waals surface area (Å²) < 4.78 is 11.0. The van der Waals surface area contributed by atoms with Crippen LogP contribution in [0.2, 0.25) is 0 Å². The lowest BCUT2D eigenvalue weighted by atomic mass is 10.1. The number of fused-ring (bicyclic) bond motifs is 6. The Hall–Kier alpha value is -7.78. The minimum absolute atomic E-state index is 0.423. The highest BCUT2D eigenvalue weighted by Crippen LogP contribution is 2.39. The first kappa shape index (κ1) is 30.8. The maximum absolute atomic E-state index is 6.57. The van der Waals surface area contributed by atoms with E-state index in [4.69, 9.17) is 14.4 Å². The lowest BCUT2D eigenvalue weighted by Crippen LogP contribution is -1.99. The Kier molecular flexibility index (Phi) is 6.96. The Balaban J connectivity index is 1.04. The van der Waals surface area contributed by atoms with Gasteiger partial charge in [0.2, 0.25) is 11.8 Å². The Morgan fingerprint density at radius 3 is 1.69 bits per heavy atom.